The molecule has 2 aromatic carbocycles. The van der Waals surface area contributed by atoms with Gasteiger partial charge in [0.05, 0.1) is 6.21 Å². The molecule has 0 bridgehead atoms. The van der Waals surface area contributed by atoms with E-state index in [-0.39, 0.29) is 18.1 Å². The average molecular weight is 368 g/mol. The summed E-state index contributed by atoms with van der Waals surface area (Å²) in [4.78, 5) is 23.2. The Morgan fingerprint density at radius 3 is 2.81 bits per heavy atom. The number of aryl methyl sites for hydroxylation is 1. The summed E-state index contributed by atoms with van der Waals surface area (Å²) >= 11 is 0. The highest BCUT2D eigenvalue weighted by Crippen LogP contribution is 2.22. The van der Waals surface area contributed by atoms with Gasteiger partial charge in [0.1, 0.15) is 22.8 Å². The molecule has 0 radical (unpaired) electrons. The van der Waals surface area contributed by atoms with Gasteiger partial charge in [0.2, 0.25) is 0 Å². The van der Waals surface area contributed by atoms with Gasteiger partial charge >= 0.3 is 5.63 Å². The maximum Gasteiger partial charge on any atom is 0.336 e. The topological polar surface area (TPSA) is 121 Å². The fourth-order valence-electron chi connectivity index (χ4n) is 2.39. The molecule has 1 amide bonds. The molecular weight excluding hydrogens is 352 g/mol. The number of rotatable bonds is 5. The van der Waals surface area contributed by atoms with Crippen LogP contribution >= 0.6 is 0 Å². The first kappa shape index (κ1) is 18.0. The summed E-state index contributed by atoms with van der Waals surface area (Å²) in [6, 6.07) is 10.3. The molecule has 0 atom stereocenters. The van der Waals surface area contributed by atoms with Crippen molar-refractivity contribution >= 4 is 23.1 Å². The second-order valence-corrected chi connectivity index (χ2v) is 5.73. The number of phenols is 2. The molecule has 0 aliphatic rings. The van der Waals surface area contributed by atoms with E-state index >= 15 is 0 Å². The Bertz CT molecular complexity index is 1090. The van der Waals surface area contributed by atoms with Gasteiger partial charge < -0.3 is 19.4 Å². The molecule has 0 saturated heterocycles. The van der Waals surface area contributed by atoms with E-state index in [1.54, 1.807) is 19.1 Å². The fraction of sp³-hybridized carbons (Fsp3) is 0.105. The second kappa shape index (κ2) is 7.61. The zero-order chi connectivity index (χ0) is 19.4. The average Bonchev–Trinajstić information content (AvgIpc) is 2.61. The van der Waals surface area contributed by atoms with Crippen LogP contribution in [0.3, 0.4) is 0 Å². The van der Waals surface area contributed by atoms with Crippen LogP contribution in [-0.2, 0) is 4.79 Å². The molecule has 3 rings (SSSR count). The fourth-order valence-corrected chi connectivity index (χ4v) is 2.39. The van der Waals surface area contributed by atoms with E-state index < -0.39 is 11.5 Å². The Hall–Kier alpha value is -3.81. The van der Waals surface area contributed by atoms with Crippen molar-refractivity contribution in [3.05, 3.63) is 64.0 Å². The molecule has 0 fully saturated rings. The standard InChI is InChI=1S/C19H16N2O6/c1-11-6-19(25)27-17-8-14(4-5-15(11)17)26-10-18(24)21-20-9-12-2-3-13(22)7-16(12)23/h2-9,22-23H,10H2,1H3,(H,21,24). The normalized spacial score (nSPS) is 11.0. The number of hydrazone groups is 1. The number of benzene rings is 2. The molecule has 27 heavy (non-hydrogen) atoms. The molecule has 3 aromatic rings. The Morgan fingerprint density at radius 1 is 1.22 bits per heavy atom. The molecule has 1 heterocycles. The molecule has 8 nitrogen and oxygen atoms in total. The van der Waals surface area contributed by atoms with Crippen molar-refractivity contribution < 1.29 is 24.2 Å². The number of carbonyl (C=O) groups excluding carboxylic acids is 1. The quantitative estimate of drug-likeness (QED) is 0.360. The Morgan fingerprint density at radius 2 is 2.04 bits per heavy atom. The largest absolute Gasteiger partial charge is 0.508 e. The number of nitrogens with zero attached hydrogens (tertiary/aromatic N) is 1. The van der Waals surface area contributed by atoms with Gasteiger partial charge in [-0.25, -0.2) is 10.2 Å². The summed E-state index contributed by atoms with van der Waals surface area (Å²) in [6.07, 6.45) is 1.24. The number of amides is 1. The Balaban J connectivity index is 1.59. The van der Waals surface area contributed by atoms with Crippen molar-refractivity contribution in [1.29, 1.82) is 0 Å². The second-order valence-electron chi connectivity index (χ2n) is 5.73. The van der Waals surface area contributed by atoms with Crippen molar-refractivity contribution in [1.82, 2.24) is 5.43 Å². The molecule has 0 saturated carbocycles. The summed E-state index contributed by atoms with van der Waals surface area (Å²) < 4.78 is 10.5. The first-order valence-electron chi connectivity index (χ1n) is 7.93. The van der Waals surface area contributed by atoms with Gasteiger partial charge in [-0.2, -0.15) is 5.10 Å². The van der Waals surface area contributed by atoms with E-state index in [0.29, 0.717) is 16.9 Å². The van der Waals surface area contributed by atoms with Crippen LogP contribution in [0.15, 0.2) is 56.8 Å². The van der Waals surface area contributed by atoms with Crippen LogP contribution in [0.5, 0.6) is 17.2 Å². The van der Waals surface area contributed by atoms with Crippen LogP contribution in [0.4, 0.5) is 0 Å². The molecule has 0 aliphatic carbocycles. The Labute approximate surface area is 153 Å². The van der Waals surface area contributed by atoms with Crippen molar-refractivity contribution in [2.24, 2.45) is 5.10 Å². The van der Waals surface area contributed by atoms with E-state index in [4.69, 9.17) is 9.15 Å². The number of carbonyl (C=O) groups is 1. The molecule has 138 valence electrons. The predicted molar refractivity (Wildman–Crippen MR) is 98.2 cm³/mol. The predicted octanol–water partition coefficient (Wildman–Crippen LogP) is 2.04. The van der Waals surface area contributed by atoms with Gasteiger partial charge in [0.15, 0.2) is 6.61 Å². The molecule has 0 aliphatic heterocycles. The molecule has 8 heteroatoms. The highest BCUT2D eigenvalue weighted by Gasteiger charge is 2.06. The van der Waals surface area contributed by atoms with Crippen LogP contribution in [0.25, 0.3) is 11.0 Å². The third-order valence-electron chi connectivity index (χ3n) is 3.70. The summed E-state index contributed by atoms with van der Waals surface area (Å²) in [5, 5.41) is 23.3. The van der Waals surface area contributed by atoms with Gasteiger partial charge in [0.25, 0.3) is 5.91 Å². The first-order valence-corrected chi connectivity index (χ1v) is 7.93. The lowest BCUT2D eigenvalue weighted by Crippen LogP contribution is -2.24. The lowest BCUT2D eigenvalue weighted by atomic mass is 10.1. The number of fused-ring (bicyclic) bond motifs is 1. The van der Waals surface area contributed by atoms with E-state index in [0.717, 1.165) is 17.0 Å². The molecular formula is C19H16N2O6. The van der Waals surface area contributed by atoms with Crippen LogP contribution in [0, 0.1) is 6.92 Å². The summed E-state index contributed by atoms with van der Waals surface area (Å²) in [6.45, 7) is 1.50. The minimum absolute atomic E-state index is 0.0801. The highest BCUT2D eigenvalue weighted by molar-refractivity contribution is 5.86. The lowest BCUT2D eigenvalue weighted by molar-refractivity contribution is -0.123. The van der Waals surface area contributed by atoms with E-state index in [1.807, 2.05) is 0 Å². The zero-order valence-electron chi connectivity index (χ0n) is 14.3. The molecule has 3 N–H and O–H groups in total. The van der Waals surface area contributed by atoms with Gasteiger partial charge in [-0.05, 0) is 36.8 Å². The summed E-state index contributed by atoms with van der Waals surface area (Å²) in [5.41, 5.74) is 3.29. The smallest absolute Gasteiger partial charge is 0.336 e. The van der Waals surface area contributed by atoms with Crippen LogP contribution in [-0.4, -0.2) is 28.9 Å². The molecule has 0 unspecified atom stereocenters. The maximum absolute atomic E-state index is 11.8. The van der Waals surface area contributed by atoms with Crippen molar-refractivity contribution in [3.63, 3.8) is 0 Å². The number of ether oxygens (including phenoxy) is 1. The van der Waals surface area contributed by atoms with Crippen LogP contribution in [0.1, 0.15) is 11.1 Å². The minimum Gasteiger partial charge on any atom is -0.508 e. The summed E-state index contributed by atoms with van der Waals surface area (Å²) in [7, 11) is 0. The van der Waals surface area contributed by atoms with Gasteiger partial charge in [-0.3, -0.25) is 4.79 Å². The van der Waals surface area contributed by atoms with E-state index in [1.165, 1.54) is 30.5 Å². The van der Waals surface area contributed by atoms with Crippen molar-refractivity contribution in [2.75, 3.05) is 6.61 Å². The molecule has 0 spiro atoms. The van der Waals surface area contributed by atoms with Crippen molar-refractivity contribution in [3.8, 4) is 17.2 Å². The summed E-state index contributed by atoms with van der Waals surface area (Å²) in [5.74, 6) is -0.400. The monoisotopic (exact) mass is 368 g/mol. The maximum atomic E-state index is 11.8. The zero-order valence-corrected chi connectivity index (χ0v) is 14.3. The SMILES string of the molecule is Cc1cc(=O)oc2cc(OCC(=O)NN=Cc3ccc(O)cc3O)ccc12. The number of aromatic hydroxyl groups is 2. The van der Waals surface area contributed by atoms with E-state index in [2.05, 4.69) is 10.5 Å². The lowest BCUT2D eigenvalue weighted by Gasteiger charge is -2.06. The number of hydrogen-bond donors (Lipinski definition) is 3. The number of nitrogens with one attached hydrogen (secondary N) is 1. The third-order valence-corrected chi connectivity index (χ3v) is 3.70. The Kier molecular flexibility index (Phi) is 5.07. The van der Waals surface area contributed by atoms with Gasteiger partial charge in [-0.1, -0.05) is 0 Å². The molecule has 1 aromatic heterocycles. The van der Waals surface area contributed by atoms with Crippen molar-refractivity contribution in [2.45, 2.75) is 6.92 Å². The van der Waals surface area contributed by atoms with Crippen LogP contribution < -0.4 is 15.8 Å². The number of phenolic OH excluding ortho intramolecular Hbond substituents is 2. The van der Waals surface area contributed by atoms with Gasteiger partial charge in [-0.15, -0.1) is 0 Å². The van der Waals surface area contributed by atoms with E-state index in [9.17, 15) is 19.8 Å². The highest BCUT2D eigenvalue weighted by atomic mass is 16.5. The minimum atomic E-state index is -0.518. The van der Waals surface area contributed by atoms with Gasteiger partial charge in [0, 0.05) is 29.1 Å². The number of hydrogen-bond acceptors (Lipinski definition) is 7. The third kappa shape index (κ3) is 4.43. The first-order chi connectivity index (χ1) is 12.9. The van der Waals surface area contributed by atoms with Crippen LogP contribution in [0.2, 0.25) is 0 Å².